The van der Waals surface area contributed by atoms with Crippen LogP contribution in [-0.4, -0.2) is 24.0 Å². The Kier molecular flexibility index (Phi) is 4.30. The summed E-state index contributed by atoms with van der Waals surface area (Å²) >= 11 is 0. The van der Waals surface area contributed by atoms with Crippen LogP contribution in [0, 0.1) is 5.82 Å². The van der Waals surface area contributed by atoms with Gasteiger partial charge in [-0.1, -0.05) is 0 Å². The molecule has 1 rings (SSSR count). The van der Waals surface area contributed by atoms with Crippen molar-refractivity contribution < 1.29 is 27.4 Å². The lowest BCUT2D eigenvalue weighted by Crippen LogP contribution is -2.34. The fourth-order valence-corrected chi connectivity index (χ4v) is 1.09. The number of halogens is 4. The number of hydrogen-bond donors (Lipinski definition) is 2. The smallest absolute Gasteiger partial charge is 0.417 e. The van der Waals surface area contributed by atoms with Crippen molar-refractivity contribution in [3.63, 3.8) is 0 Å². The number of ether oxygens (including phenoxy) is 1. The molecule has 96 valence electrons. The molecule has 0 aromatic heterocycles. The first-order chi connectivity index (χ1) is 7.82. The largest absolute Gasteiger partial charge is 0.490 e. The molecular weight excluding hydrogens is 242 g/mol. The third-order valence-electron chi connectivity index (χ3n) is 1.95. The van der Waals surface area contributed by atoms with E-state index in [0.29, 0.717) is 5.56 Å². The van der Waals surface area contributed by atoms with Crippen LogP contribution in [0.4, 0.5) is 17.6 Å². The van der Waals surface area contributed by atoms with E-state index in [9.17, 15) is 17.6 Å². The minimum absolute atomic E-state index is 0.0376. The van der Waals surface area contributed by atoms with Crippen LogP contribution in [-0.2, 0) is 6.54 Å². The normalized spacial score (nSPS) is 13.5. The molecule has 0 aliphatic carbocycles. The molecule has 0 saturated carbocycles. The zero-order chi connectivity index (χ0) is 13.1. The monoisotopic (exact) mass is 253 g/mol. The van der Waals surface area contributed by atoms with E-state index in [2.05, 4.69) is 4.74 Å². The van der Waals surface area contributed by atoms with Gasteiger partial charge >= 0.3 is 6.18 Å². The number of alkyl halides is 3. The van der Waals surface area contributed by atoms with E-state index in [4.69, 9.17) is 10.8 Å². The molecule has 1 aromatic rings. The minimum Gasteiger partial charge on any atom is -0.490 e. The third kappa shape index (κ3) is 4.20. The number of aliphatic hydroxyl groups excluding tert-OH is 1. The molecular formula is C10H11F4NO2. The lowest BCUT2D eigenvalue weighted by molar-refractivity contribution is -0.210. The van der Waals surface area contributed by atoms with Gasteiger partial charge in [-0.05, 0) is 17.7 Å². The second-order valence-electron chi connectivity index (χ2n) is 3.37. The van der Waals surface area contributed by atoms with Crippen LogP contribution >= 0.6 is 0 Å². The summed E-state index contributed by atoms with van der Waals surface area (Å²) in [6.07, 6.45) is -7.36. The Morgan fingerprint density at radius 1 is 1.29 bits per heavy atom. The van der Waals surface area contributed by atoms with Crippen LogP contribution in [0.25, 0.3) is 0 Å². The number of aliphatic hydroxyl groups is 1. The van der Waals surface area contributed by atoms with Crippen molar-refractivity contribution in [1.29, 1.82) is 0 Å². The highest BCUT2D eigenvalue weighted by molar-refractivity contribution is 5.29. The Labute approximate surface area is 94.8 Å². The molecule has 0 saturated heterocycles. The van der Waals surface area contributed by atoms with Gasteiger partial charge in [0, 0.05) is 12.6 Å². The standard InChI is InChI=1S/C10H11F4NO2/c11-7-1-6(4-15)2-8(3-7)17-5-9(16)10(12,13)14/h1-3,9,16H,4-5,15H2. The molecule has 3 N–H and O–H groups in total. The van der Waals surface area contributed by atoms with Crippen molar-refractivity contribution in [2.45, 2.75) is 18.8 Å². The van der Waals surface area contributed by atoms with Crippen molar-refractivity contribution in [1.82, 2.24) is 0 Å². The average Bonchev–Trinajstić information content (AvgIpc) is 2.23. The molecule has 0 bridgehead atoms. The maximum Gasteiger partial charge on any atom is 0.417 e. The molecule has 1 aromatic carbocycles. The van der Waals surface area contributed by atoms with Gasteiger partial charge < -0.3 is 15.6 Å². The Balaban J connectivity index is 2.66. The molecule has 17 heavy (non-hydrogen) atoms. The summed E-state index contributed by atoms with van der Waals surface area (Å²) in [6, 6.07) is 3.38. The molecule has 0 heterocycles. The Bertz CT molecular complexity index is 381. The third-order valence-corrected chi connectivity index (χ3v) is 1.95. The van der Waals surface area contributed by atoms with Gasteiger partial charge in [-0.3, -0.25) is 0 Å². The van der Waals surface area contributed by atoms with Crippen LogP contribution in [0.5, 0.6) is 5.75 Å². The average molecular weight is 253 g/mol. The van der Waals surface area contributed by atoms with Gasteiger partial charge in [0.25, 0.3) is 0 Å². The van der Waals surface area contributed by atoms with Gasteiger partial charge in [0.1, 0.15) is 18.2 Å². The summed E-state index contributed by atoms with van der Waals surface area (Å²) in [4.78, 5) is 0. The summed E-state index contributed by atoms with van der Waals surface area (Å²) < 4.78 is 53.5. The van der Waals surface area contributed by atoms with Crippen molar-refractivity contribution >= 4 is 0 Å². The molecule has 1 atom stereocenters. The van der Waals surface area contributed by atoms with Crippen LogP contribution < -0.4 is 10.5 Å². The van der Waals surface area contributed by atoms with Crippen molar-refractivity contribution in [2.24, 2.45) is 5.73 Å². The van der Waals surface area contributed by atoms with Crippen LogP contribution in [0.2, 0.25) is 0 Å². The topological polar surface area (TPSA) is 55.5 Å². The van der Waals surface area contributed by atoms with E-state index in [0.717, 1.165) is 12.1 Å². The van der Waals surface area contributed by atoms with Crippen molar-refractivity contribution in [3.8, 4) is 5.75 Å². The maximum atomic E-state index is 13.0. The van der Waals surface area contributed by atoms with E-state index >= 15 is 0 Å². The van der Waals surface area contributed by atoms with Gasteiger partial charge in [0.05, 0.1) is 0 Å². The predicted molar refractivity (Wildman–Crippen MR) is 51.8 cm³/mol. The molecule has 0 amide bonds. The van der Waals surface area contributed by atoms with E-state index < -0.39 is 24.7 Å². The first-order valence-corrected chi connectivity index (χ1v) is 4.70. The molecule has 3 nitrogen and oxygen atoms in total. The van der Waals surface area contributed by atoms with Gasteiger partial charge in [-0.2, -0.15) is 13.2 Å². The molecule has 0 radical (unpaired) electrons. The summed E-state index contributed by atoms with van der Waals surface area (Å²) in [5, 5.41) is 8.67. The lowest BCUT2D eigenvalue weighted by Gasteiger charge is -2.15. The van der Waals surface area contributed by atoms with E-state index in [1.165, 1.54) is 6.07 Å². The number of benzene rings is 1. The predicted octanol–water partition coefficient (Wildman–Crippen LogP) is 1.59. The van der Waals surface area contributed by atoms with E-state index in [1.807, 2.05) is 0 Å². The van der Waals surface area contributed by atoms with Crippen molar-refractivity contribution in [3.05, 3.63) is 29.6 Å². The molecule has 1 unspecified atom stereocenters. The second kappa shape index (κ2) is 5.33. The van der Waals surface area contributed by atoms with Crippen LogP contribution in [0.1, 0.15) is 5.56 Å². The highest BCUT2D eigenvalue weighted by atomic mass is 19.4. The van der Waals surface area contributed by atoms with Crippen LogP contribution in [0.3, 0.4) is 0 Å². The van der Waals surface area contributed by atoms with Gasteiger partial charge in [-0.15, -0.1) is 0 Å². The first kappa shape index (κ1) is 13.7. The number of nitrogens with two attached hydrogens (primary N) is 1. The first-order valence-electron chi connectivity index (χ1n) is 4.70. The molecule has 0 aliphatic rings. The van der Waals surface area contributed by atoms with Crippen LogP contribution in [0.15, 0.2) is 18.2 Å². The Morgan fingerprint density at radius 3 is 2.47 bits per heavy atom. The lowest BCUT2D eigenvalue weighted by atomic mass is 10.2. The van der Waals surface area contributed by atoms with Crippen molar-refractivity contribution in [2.75, 3.05) is 6.61 Å². The van der Waals surface area contributed by atoms with E-state index in [1.54, 1.807) is 0 Å². The SMILES string of the molecule is NCc1cc(F)cc(OCC(O)C(F)(F)F)c1. The number of hydrogen-bond acceptors (Lipinski definition) is 3. The number of rotatable bonds is 4. The highest BCUT2D eigenvalue weighted by Crippen LogP contribution is 2.22. The summed E-state index contributed by atoms with van der Waals surface area (Å²) in [5.41, 5.74) is 5.65. The Morgan fingerprint density at radius 2 is 1.94 bits per heavy atom. The van der Waals surface area contributed by atoms with Gasteiger partial charge in [-0.25, -0.2) is 4.39 Å². The summed E-state index contributed by atoms with van der Waals surface area (Å²) in [5.74, 6) is -0.766. The molecule has 0 fully saturated rings. The Hall–Kier alpha value is -1.34. The second-order valence-corrected chi connectivity index (χ2v) is 3.37. The highest BCUT2D eigenvalue weighted by Gasteiger charge is 2.38. The summed E-state index contributed by atoms with van der Waals surface area (Å²) in [6.45, 7) is -0.951. The molecule has 0 spiro atoms. The maximum absolute atomic E-state index is 13.0. The fourth-order valence-electron chi connectivity index (χ4n) is 1.09. The molecule has 0 aliphatic heterocycles. The minimum atomic E-state index is -4.76. The van der Waals surface area contributed by atoms with Gasteiger partial charge in [0.2, 0.25) is 0 Å². The zero-order valence-electron chi connectivity index (χ0n) is 8.67. The van der Waals surface area contributed by atoms with Gasteiger partial charge in [0.15, 0.2) is 6.10 Å². The molecule has 7 heteroatoms. The van der Waals surface area contributed by atoms with E-state index in [-0.39, 0.29) is 12.3 Å². The zero-order valence-corrected chi connectivity index (χ0v) is 8.67. The quantitative estimate of drug-likeness (QED) is 0.801. The summed E-state index contributed by atoms with van der Waals surface area (Å²) in [7, 11) is 0. The fraction of sp³-hybridized carbons (Fsp3) is 0.400.